The summed E-state index contributed by atoms with van der Waals surface area (Å²) < 4.78 is 11.0. The van der Waals surface area contributed by atoms with Gasteiger partial charge in [-0.1, -0.05) is 18.2 Å². The van der Waals surface area contributed by atoms with Crippen LogP contribution in [0.2, 0.25) is 0 Å². The average molecular weight is 307 g/mol. The van der Waals surface area contributed by atoms with Crippen molar-refractivity contribution >= 4 is 12.1 Å². The molecule has 1 aliphatic rings. The van der Waals surface area contributed by atoms with Crippen molar-refractivity contribution in [1.29, 1.82) is 0 Å². The van der Waals surface area contributed by atoms with Gasteiger partial charge in [0, 0.05) is 6.54 Å². The number of nitrogens with zero attached hydrogens (tertiary/aromatic N) is 1. The van der Waals surface area contributed by atoms with Crippen LogP contribution in [0, 0.1) is 0 Å². The first kappa shape index (κ1) is 16.3. The van der Waals surface area contributed by atoms with Gasteiger partial charge in [0.25, 0.3) is 0 Å². The van der Waals surface area contributed by atoms with Gasteiger partial charge in [-0.15, -0.1) is 0 Å². The minimum Gasteiger partial charge on any atom is -0.478 e. The van der Waals surface area contributed by atoms with Gasteiger partial charge in [0.15, 0.2) is 0 Å². The molecule has 6 heteroatoms. The van der Waals surface area contributed by atoms with Crippen molar-refractivity contribution < 1.29 is 24.2 Å². The second-order valence-corrected chi connectivity index (χ2v) is 6.18. The first-order valence-electron chi connectivity index (χ1n) is 7.19. The fraction of sp³-hybridized carbons (Fsp3) is 0.500. The Morgan fingerprint density at radius 2 is 2.00 bits per heavy atom. The van der Waals surface area contributed by atoms with Gasteiger partial charge in [0.05, 0.1) is 18.7 Å². The topological polar surface area (TPSA) is 76.1 Å². The van der Waals surface area contributed by atoms with Crippen molar-refractivity contribution in [2.45, 2.75) is 32.5 Å². The number of carbonyl (C=O) groups is 2. The largest absolute Gasteiger partial charge is 0.478 e. The quantitative estimate of drug-likeness (QED) is 0.909. The minimum absolute atomic E-state index is 0.193. The molecule has 2 rings (SSSR count). The molecule has 22 heavy (non-hydrogen) atoms. The van der Waals surface area contributed by atoms with Crippen LogP contribution in [0.3, 0.4) is 0 Å². The normalized spacial score (nSPS) is 18.9. The van der Waals surface area contributed by atoms with Crippen LogP contribution in [0.25, 0.3) is 0 Å². The number of ether oxygens (including phenoxy) is 2. The van der Waals surface area contributed by atoms with Crippen molar-refractivity contribution in [3.8, 4) is 0 Å². The molecule has 1 saturated heterocycles. The highest BCUT2D eigenvalue weighted by atomic mass is 16.6. The van der Waals surface area contributed by atoms with Crippen LogP contribution in [-0.2, 0) is 9.47 Å². The Bertz CT molecular complexity index is 564. The maximum Gasteiger partial charge on any atom is 0.410 e. The molecular weight excluding hydrogens is 286 g/mol. The first-order valence-corrected chi connectivity index (χ1v) is 7.19. The predicted octanol–water partition coefficient (Wildman–Crippen LogP) is 2.69. The van der Waals surface area contributed by atoms with E-state index in [4.69, 9.17) is 9.47 Å². The molecule has 120 valence electrons. The Balaban J connectivity index is 2.14. The third-order valence-electron chi connectivity index (χ3n) is 3.26. The van der Waals surface area contributed by atoms with E-state index >= 15 is 0 Å². The lowest BCUT2D eigenvalue weighted by Gasteiger charge is -2.34. The second-order valence-electron chi connectivity index (χ2n) is 6.18. The van der Waals surface area contributed by atoms with E-state index in [9.17, 15) is 14.7 Å². The zero-order valence-electron chi connectivity index (χ0n) is 13.0. The number of carboxylic acids is 1. The molecule has 0 spiro atoms. The van der Waals surface area contributed by atoms with E-state index < -0.39 is 23.8 Å². The molecule has 1 heterocycles. The number of rotatable bonds is 2. The smallest absolute Gasteiger partial charge is 0.410 e. The van der Waals surface area contributed by atoms with Crippen molar-refractivity contribution in [3.63, 3.8) is 0 Å². The van der Waals surface area contributed by atoms with Crippen LogP contribution >= 0.6 is 0 Å². The molecule has 0 saturated carbocycles. The first-order chi connectivity index (χ1) is 10.3. The van der Waals surface area contributed by atoms with Crippen LogP contribution in [0.4, 0.5) is 4.79 Å². The highest BCUT2D eigenvalue weighted by molar-refractivity contribution is 5.89. The summed E-state index contributed by atoms with van der Waals surface area (Å²) >= 11 is 0. The summed E-state index contributed by atoms with van der Waals surface area (Å²) in [5.74, 6) is -1.01. The number of hydrogen-bond donors (Lipinski definition) is 1. The van der Waals surface area contributed by atoms with E-state index in [0.29, 0.717) is 18.7 Å². The van der Waals surface area contributed by atoms with Gasteiger partial charge in [-0.05, 0) is 32.4 Å². The molecule has 1 N–H and O–H groups in total. The van der Waals surface area contributed by atoms with Crippen LogP contribution in [-0.4, -0.2) is 47.4 Å². The van der Waals surface area contributed by atoms with Gasteiger partial charge >= 0.3 is 12.1 Å². The summed E-state index contributed by atoms with van der Waals surface area (Å²) in [6.07, 6.45) is -0.873. The zero-order valence-corrected chi connectivity index (χ0v) is 13.0. The van der Waals surface area contributed by atoms with Crippen LogP contribution in [0.1, 0.15) is 42.8 Å². The van der Waals surface area contributed by atoms with Gasteiger partial charge in [-0.2, -0.15) is 0 Å². The lowest BCUT2D eigenvalue weighted by molar-refractivity contribution is -0.0435. The summed E-state index contributed by atoms with van der Waals surface area (Å²) in [6, 6.07) is 6.68. The standard InChI is InChI=1S/C16H21NO5/c1-16(2,3)22-15(20)17-8-9-21-13(10-17)11-6-4-5-7-12(11)14(18)19/h4-7,13H,8-10H2,1-3H3,(H,18,19)/t13-/m0/s1. The molecule has 0 radical (unpaired) electrons. The molecule has 0 aliphatic carbocycles. The summed E-state index contributed by atoms with van der Waals surface area (Å²) in [6.45, 7) is 6.48. The molecule has 1 fully saturated rings. The van der Waals surface area contributed by atoms with Crippen molar-refractivity contribution in [2.24, 2.45) is 0 Å². The number of amides is 1. The van der Waals surface area contributed by atoms with E-state index in [-0.39, 0.29) is 12.1 Å². The molecule has 1 atom stereocenters. The Labute approximate surface area is 129 Å². The Kier molecular flexibility index (Phi) is 4.71. The van der Waals surface area contributed by atoms with E-state index in [2.05, 4.69) is 0 Å². The van der Waals surface area contributed by atoms with E-state index in [0.717, 1.165) is 0 Å². The molecule has 1 aromatic carbocycles. The Morgan fingerprint density at radius 1 is 1.32 bits per heavy atom. The summed E-state index contributed by atoms with van der Waals surface area (Å²) in [4.78, 5) is 25.0. The van der Waals surface area contributed by atoms with Crippen LogP contribution < -0.4 is 0 Å². The molecule has 0 bridgehead atoms. The average Bonchev–Trinajstić information content (AvgIpc) is 2.45. The number of carboxylic acid groups (broad SMARTS) is 1. The number of carbonyl (C=O) groups excluding carboxylic acids is 1. The molecular formula is C16H21NO5. The third kappa shape index (κ3) is 3.98. The molecule has 0 aromatic heterocycles. The molecule has 1 aromatic rings. The highest BCUT2D eigenvalue weighted by Gasteiger charge is 2.30. The fourth-order valence-corrected chi connectivity index (χ4v) is 2.30. The van der Waals surface area contributed by atoms with Gasteiger partial charge < -0.3 is 19.5 Å². The van der Waals surface area contributed by atoms with E-state index in [1.807, 2.05) is 20.8 Å². The Hall–Kier alpha value is -2.08. The molecule has 1 amide bonds. The van der Waals surface area contributed by atoms with Gasteiger partial charge in [0.2, 0.25) is 0 Å². The SMILES string of the molecule is CC(C)(C)OC(=O)N1CCO[C@H](c2ccccc2C(=O)O)C1. The van der Waals surface area contributed by atoms with Crippen molar-refractivity contribution in [2.75, 3.05) is 19.7 Å². The lowest BCUT2D eigenvalue weighted by Crippen LogP contribution is -2.44. The number of hydrogen-bond acceptors (Lipinski definition) is 4. The van der Waals surface area contributed by atoms with Gasteiger partial charge in [-0.25, -0.2) is 9.59 Å². The van der Waals surface area contributed by atoms with E-state index in [1.54, 1.807) is 23.1 Å². The highest BCUT2D eigenvalue weighted by Crippen LogP contribution is 2.26. The lowest BCUT2D eigenvalue weighted by atomic mass is 10.0. The van der Waals surface area contributed by atoms with Crippen LogP contribution in [0.5, 0.6) is 0 Å². The molecule has 0 unspecified atom stereocenters. The minimum atomic E-state index is -1.01. The number of aromatic carboxylic acids is 1. The van der Waals surface area contributed by atoms with Crippen molar-refractivity contribution in [3.05, 3.63) is 35.4 Å². The molecule has 1 aliphatic heterocycles. The van der Waals surface area contributed by atoms with Crippen molar-refractivity contribution in [1.82, 2.24) is 4.90 Å². The van der Waals surface area contributed by atoms with E-state index in [1.165, 1.54) is 6.07 Å². The summed E-state index contributed by atoms with van der Waals surface area (Å²) in [5.41, 5.74) is 0.200. The number of morpholine rings is 1. The Morgan fingerprint density at radius 3 is 2.64 bits per heavy atom. The fourth-order valence-electron chi connectivity index (χ4n) is 2.30. The summed E-state index contributed by atoms with van der Waals surface area (Å²) in [5, 5.41) is 9.26. The van der Waals surface area contributed by atoms with Gasteiger partial charge in [-0.3, -0.25) is 0 Å². The zero-order chi connectivity index (χ0) is 16.3. The number of benzene rings is 1. The van der Waals surface area contributed by atoms with Gasteiger partial charge in [0.1, 0.15) is 11.7 Å². The molecule has 6 nitrogen and oxygen atoms in total. The third-order valence-corrected chi connectivity index (χ3v) is 3.26. The second kappa shape index (κ2) is 6.36. The maximum atomic E-state index is 12.1. The predicted molar refractivity (Wildman–Crippen MR) is 79.9 cm³/mol. The van der Waals surface area contributed by atoms with Crippen LogP contribution in [0.15, 0.2) is 24.3 Å². The summed E-state index contributed by atoms with van der Waals surface area (Å²) in [7, 11) is 0. The monoisotopic (exact) mass is 307 g/mol. The maximum absolute atomic E-state index is 12.1.